The molecule has 10 heteroatoms. The van der Waals surface area contributed by atoms with E-state index in [9.17, 15) is 21.6 Å². The predicted octanol–water partition coefficient (Wildman–Crippen LogP) is 2.35. The molecule has 1 aromatic carbocycles. The van der Waals surface area contributed by atoms with Gasteiger partial charge in [-0.05, 0) is 49.0 Å². The molecule has 20 heavy (non-hydrogen) atoms. The fraction of sp³-hybridized carbons (Fsp3) is 0.400. The van der Waals surface area contributed by atoms with E-state index in [0.29, 0.717) is 13.0 Å². The normalized spacial score (nSPS) is 12.0. The van der Waals surface area contributed by atoms with Gasteiger partial charge in [0.05, 0.1) is 4.90 Å². The van der Waals surface area contributed by atoms with Crippen LogP contribution in [-0.4, -0.2) is 27.0 Å². The molecule has 0 saturated carbocycles. The van der Waals surface area contributed by atoms with Crippen LogP contribution in [0.2, 0.25) is 0 Å². The van der Waals surface area contributed by atoms with Gasteiger partial charge in [0, 0.05) is 11.4 Å². The Hall–Kier alpha value is -0.480. The standard InChI is InChI=1S/C10H13F3N2O2S2.ClH/c11-10(12,13)18-8-2-4-9(5-3-8)19(16,17)15-7-1-6-14;/h2-5,15H,1,6-7,14H2;1H. The van der Waals surface area contributed by atoms with Gasteiger partial charge in [-0.3, -0.25) is 0 Å². The van der Waals surface area contributed by atoms with E-state index in [4.69, 9.17) is 5.73 Å². The second-order valence-electron chi connectivity index (χ2n) is 3.56. The maximum atomic E-state index is 12.1. The van der Waals surface area contributed by atoms with Crippen molar-refractivity contribution in [3.63, 3.8) is 0 Å². The number of halogens is 4. The van der Waals surface area contributed by atoms with Crippen LogP contribution in [0.25, 0.3) is 0 Å². The minimum Gasteiger partial charge on any atom is -0.330 e. The summed E-state index contributed by atoms with van der Waals surface area (Å²) in [5, 5.41) is 0. The Labute approximate surface area is 125 Å². The number of hydrogen-bond acceptors (Lipinski definition) is 4. The summed E-state index contributed by atoms with van der Waals surface area (Å²) < 4.78 is 62.1. The summed E-state index contributed by atoms with van der Waals surface area (Å²) in [4.78, 5) is -0.135. The van der Waals surface area contributed by atoms with Crippen LogP contribution in [0.3, 0.4) is 0 Å². The van der Waals surface area contributed by atoms with Gasteiger partial charge in [0.15, 0.2) is 0 Å². The summed E-state index contributed by atoms with van der Waals surface area (Å²) in [5.74, 6) is 0. The number of alkyl halides is 3. The molecule has 0 fully saturated rings. The van der Waals surface area contributed by atoms with Gasteiger partial charge in [-0.25, -0.2) is 13.1 Å². The molecule has 0 atom stereocenters. The number of rotatable bonds is 6. The fourth-order valence-corrected chi connectivity index (χ4v) is 2.83. The van der Waals surface area contributed by atoms with Gasteiger partial charge < -0.3 is 5.73 Å². The molecule has 0 aliphatic carbocycles. The van der Waals surface area contributed by atoms with E-state index in [0.717, 1.165) is 24.3 Å². The molecule has 3 N–H and O–H groups in total. The van der Waals surface area contributed by atoms with E-state index in [2.05, 4.69) is 4.72 Å². The first kappa shape index (κ1) is 19.5. The van der Waals surface area contributed by atoms with Gasteiger partial charge >= 0.3 is 5.51 Å². The first-order valence-electron chi connectivity index (χ1n) is 5.30. The molecule has 0 aromatic heterocycles. The van der Waals surface area contributed by atoms with Crippen molar-refractivity contribution in [3.05, 3.63) is 24.3 Å². The van der Waals surface area contributed by atoms with Gasteiger partial charge in [-0.2, -0.15) is 13.2 Å². The monoisotopic (exact) mass is 350 g/mol. The zero-order valence-electron chi connectivity index (χ0n) is 10.2. The van der Waals surface area contributed by atoms with E-state index < -0.39 is 15.5 Å². The molecule has 0 spiro atoms. The first-order chi connectivity index (χ1) is 8.74. The molecule has 0 aliphatic heterocycles. The summed E-state index contributed by atoms with van der Waals surface area (Å²) in [6.45, 7) is 0.543. The first-order valence-corrected chi connectivity index (χ1v) is 7.60. The van der Waals surface area contributed by atoms with E-state index in [-0.39, 0.29) is 40.5 Å². The fourth-order valence-electron chi connectivity index (χ4n) is 1.21. The molecule has 1 rings (SSSR count). The van der Waals surface area contributed by atoms with Crippen LogP contribution in [0.4, 0.5) is 13.2 Å². The quantitative estimate of drug-likeness (QED) is 0.610. The highest BCUT2D eigenvalue weighted by Crippen LogP contribution is 2.36. The van der Waals surface area contributed by atoms with E-state index in [1.165, 1.54) is 0 Å². The second-order valence-corrected chi connectivity index (χ2v) is 6.46. The molecule has 0 radical (unpaired) electrons. The van der Waals surface area contributed by atoms with Crippen molar-refractivity contribution in [3.8, 4) is 0 Å². The number of hydrogen-bond donors (Lipinski definition) is 2. The molecule has 0 bridgehead atoms. The van der Waals surface area contributed by atoms with E-state index in [1.807, 2.05) is 0 Å². The summed E-state index contributed by atoms with van der Waals surface area (Å²) in [6.07, 6.45) is 0.487. The molecule has 0 amide bonds. The lowest BCUT2D eigenvalue weighted by molar-refractivity contribution is -0.0328. The SMILES string of the molecule is Cl.NCCCNS(=O)(=O)c1ccc(SC(F)(F)F)cc1. The third kappa shape index (κ3) is 6.80. The lowest BCUT2D eigenvalue weighted by Crippen LogP contribution is -2.26. The van der Waals surface area contributed by atoms with Crippen molar-refractivity contribution in [1.82, 2.24) is 4.72 Å². The topological polar surface area (TPSA) is 72.2 Å². The van der Waals surface area contributed by atoms with Crippen LogP contribution in [0, 0.1) is 0 Å². The van der Waals surface area contributed by atoms with Crippen molar-refractivity contribution < 1.29 is 21.6 Å². The Morgan fingerprint density at radius 1 is 1.20 bits per heavy atom. The Morgan fingerprint density at radius 3 is 2.20 bits per heavy atom. The number of nitrogens with two attached hydrogens (primary N) is 1. The number of sulfonamides is 1. The molecule has 116 valence electrons. The van der Waals surface area contributed by atoms with Gasteiger partial charge in [-0.1, -0.05) is 0 Å². The molecule has 0 unspecified atom stereocenters. The van der Waals surface area contributed by atoms with Gasteiger partial charge in [0.25, 0.3) is 0 Å². The van der Waals surface area contributed by atoms with Crippen LogP contribution in [-0.2, 0) is 10.0 Å². The minimum atomic E-state index is -4.39. The molecule has 0 saturated heterocycles. The van der Waals surface area contributed by atoms with Crippen LogP contribution in [0.1, 0.15) is 6.42 Å². The Morgan fingerprint density at radius 2 is 1.75 bits per heavy atom. The predicted molar refractivity (Wildman–Crippen MR) is 74.5 cm³/mol. The zero-order chi connectivity index (χ0) is 14.5. The third-order valence-electron chi connectivity index (χ3n) is 2.04. The highest BCUT2D eigenvalue weighted by molar-refractivity contribution is 8.00. The van der Waals surface area contributed by atoms with Crippen LogP contribution < -0.4 is 10.5 Å². The van der Waals surface area contributed by atoms with Crippen LogP contribution >= 0.6 is 24.2 Å². The molecule has 0 aliphatic rings. The molecule has 0 heterocycles. The average Bonchev–Trinajstić information content (AvgIpc) is 2.27. The van der Waals surface area contributed by atoms with Crippen molar-refractivity contribution >= 4 is 34.2 Å². The van der Waals surface area contributed by atoms with Crippen LogP contribution in [0.15, 0.2) is 34.1 Å². The lowest BCUT2D eigenvalue weighted by Gasteiger charge is -2.08. The van der Waals surface area contributed by atoms with E-state index >= 15 is 0 Å². The van der Waals surface area contributed by atoms with Crippen molar-refractivity contribution in [1.29, 1.82) is 0 Å². The molecule has 4 nitrogen and oxygen atoms in total. The maximum absolute atomic E-state index is 12.1. The maximum Gasteiger partial charge on any atom is 0.446 e. The lowest BCUT2D eigenvalue weighted by atomic mass is 10.4. The van der Waals surface area contributed by atoms with Gasteiger partial charge in [0.1, 0.15) is 0 Å². The number of benzene rings is 1. The summed E-state index contributed by atoms with van der Waals surface area (Å²) in [7, 11) is -3.69. The Balaban J connectivity index is 0.00000361. The van der Waals surface area contributed by atoms with Gasteiger partial charge in [0.2, 0.25) is 10.0 Å². The average molecular weight is 351 g/mol. The Kier molecular flexibility index (Phi) is 7.89. The zero-order valence-corrected chi connectivity index (χ0v) is 12.6. The van der Waals surface area contributed by atoms with E-state index in [1.54, 1.807) is 0 Å². The molecule has 1 aromatic rings. The molecular formula is C10H14ClF3N2O2S2. The van der Waals surface area contributed by atoms with Crippen molar-refractivity contribution in [2.45, 2.75) is 21.7 Å². The smallest absolute Gasteiger partial charge is 0.330 e. The number of thioether (sulfide) groups is 1. The second kappa shape index (κ2) is 8.08. The van der Waals surface area contributed by atoms with Crippen LogP contribution in [0.5, 0.6) is 0 Å². The summed E-state index contributed by atoms with van der Waals surface area (Å²) in [6, 6.07) is 4.52. The number of nitrogens with one attached hydrogen (secondary N) is 1. The highest BCUT2D eigenvalue weighted by Gasteiger charge is 2.29. The Bertz CT molecular complexity index is 506. The minimum absolute atomic E-state index is 0. The summed E-state index contributed by atoms with van der Waals surface area (Å²) in [5.41, 5.74) is 0.842. The van der Waals surface area contributed by atoms with Crippen molar-refractivity contribution in [2.24, 2.45) is 5.73 Å². The summed E-state index contributed by atoms with van der Waals surface area (Å²) >= 11 is -0.290. The highest BCUT2D eigenvalue weighted by atomic mass is 35.5. The van der Waals surface area contributed by atoms with Gasteiger partial charge in [-0.15, -0.1) is 12.4 Å². The molecular weight excluding hydrogens is 337 g/mol. The largest absolute Gasteiger partial charge is 0.446 e. The van der Waals surface area contributed by atoms with Crippen molar-refractivity contribution in [2.75, 3.05) is 13.1 Å². The third-order valence-corrected chi connectivity index (χ3v) is 4.26.